The number of nitrogens with zero attached hydrogens (tertiary/aromatic N) is 1. The quantitative estimate of drug-likeness (QED) is 0.920. The fourth-order valence-corrected chi connectivity index (χ4v) is 3.58. The van der Waals surface area contributed by atoms with E-state index in [1.54, 1.807) is 14.2 Å². The summed E-state index contributed by atoms with van der Waals surface area (Å²) in [5, 5.41) is 9.65. The van der Waals surface area contributed by atoms with Crippen LogP contribution in [-0.4, -0.2) is 42.8 Å². The lowest BCUT2D eigenvalue weighted by atomic mass is 9.83. The van der Waals surface area contributed by atoms with Crippen molar-refractivity contribution in [3.8, 4) is 11.5 Å². The molecule has 1 aromatic carbocycles. The predicted octanol–water partition coefficient (Wildman–Crippen LogP) is 1.67. The Balaban J connectivity index is 2.08. The smallest absolute Gasteiger partial charge is 0.223 e. The first-order chi connectivity index (χ1) is 10.2. The summed E-state index contributed by atoms with van der Waals surface area (Å²) in [7, 11) is 3.24. The van der Waals surface area contributed by atoms with Crippen LogP contribution in [0.5, 0.6) is 11.5 Å². The Hall–Kier alpha value is -1.75. The number of rotatable bonds is 3. The second kappa shape index (κ2) is 5.56. The third kappa shape index (κ3) is 2.25. The van der Waals surface area contributed by atoms with Gasteiger partial charge in [0.05, 0.1) is 32.9 Å². The molecule has 1 amide bonds. The second-order valence-corrected chi connectivity index (χ2v) is 5.66. The molecule has 1 fully saturated rings. The van der Waals surface area contributed by atoms with Gasteiger partial charge in [0, 0.05) is 6.42 Å². The third-order valence-corrected chi connectivity index (χ3v) is 4.56. The molecule has 2 aliphatic rings. The molecule has 5 heteroatoms. The fourth-order valence-electron chi connectivity index (χ4n) is 3.58. The Morgan fingerprint density at radius 3 is 2.67 bits per heavy atom. The van der Waals surface area contributed by atoms with Gasteiger partial charge in [-0.15, -0.1) is 0 Å². The van der Waals surface area contributed by atoms with E-state index in [9.17, 15) is 9.90 Å². The van der Waals surface area contributed by atoms with Crippen LogP contribution in [0.3, 0.4) is 0 Å². The first-order valence-electron chi connectivity index (χ1n) is 7.36. The lowest BCUT2D eigenvalue weighted by molar-refractivity contribution is -0.141. The third-order valence-electron chi connectivity index (χ3n) is 4.56. The molecule has 0 spiro atoms. The average Bonchev–Trinajstić information content (AvgIpc) is 2.52. The van der Waals surface area contributed by atoms with Crippen molar-refractivity contribution in [2.75, 3.05) is 20.8 Å². The van der Waals surface area contributed by atoms with Crippen LogP contribution >= 0.6 is 0 Å². The van der Waals surface area contributed by atoms with Crippen molar-refractivity contribution in [1.82, 2.24) is 4.90 Å². The molecular formula is C16H21NO4. The largest absolute Gasteiger partial charge is 0.493 e. The van der Waals surface area contributed by atoms with E-state index in [1.807, 2.05) is 17.0 Å². The van der Waals surface area contributed by atoms with Gasteiger partial charge in [0.15, 0.2) is 11.5 Å². The van der Waals surface area contributed by atoms with E-state index in [4.69, 9.17) is 9.47 Å². The summed E-state index contributed by atoms with van der Waals surface area (Å²) in [6.45, 7) is -0.00394. The van der Waals surface area contributed by atoms with Crippen LogP contribution < -0.4 is 9.47 Å². The van der Waals surface area contributed by atoms with Crippen LogP contribution in [0.15, 0.2) is 12.1 Å². The summed E-state index contributed by atoms with van der Waals surface area (Å²) in [6.07, 6.45) is 3.07. The molecule has 2 aliphatic heterocycles. The van der Waals surface area contributed by atoms with Gasteiger partial charge in [-0.25, -0.2) is 0 Å². The SMILES string of the molecule is COc1cc2c(cc1OC)[C@H]1CCCC(=O)N1[C@H](CO)C2. The Labute approximate surface area is 124 Å². The number of hydrogen-bond acceptors (Lipinski definition) is 4. The molecular weight excluding hydrogens is 270 g/mol. The maximum Gasteiger partial charge on any atom is 0.223 e. The van der Waals surface area contributed by atoms with Crippen molar-refractivity contribution in [2.24, 2.45) is 0 Å². The molecule has 1 aromatic rings. The number of aliphatic hydroxyl groups excluding tert-OH is 1. The standard InChI is InChI=1S/C16H21NO4/c1-20-14-7-10-6-11(9-18)17-13(4-3-5-16(17)19)12(10)8-15(14)21-2/h7-8,11,13,18H,3-6,9H2,1-2H3/t11-,13+/m0/s1. The van der Waals surface area contributed by atoms with Gasteiger partial charge >= 0.3 is 0 Å². The highest BCUT2D eigenvalue weighted by Crippen LogP contribution is 2.43. The van der Waals surface area contributed by atoms with Crippen LogP contribution in [0, 0.1) is 0 Å². The number of piperidine rings is 1. The molecule has 0 saturated carbocycles. The van der Waals surface area contributed by atoms with Gasteiger partial charge in [0.2, 0.25) is 5.91 Å². The molecule has 5 nitrogen and oxygen atoms in total. The molecule has 0 aromatic heterocycles. The highest BCUT2D eigenvalue weighted by atomic mass is 16.5. The summed E-state index contributed by atoms with van der Waals surface area (Å²) >= 11 is 0. The predicted molar refractivity (Wildman–Crippen MR) is 77.6 cm³/mol. The molecule has 2 heterocycles. The summed E-state index contributed by atoms with van der Waals surface area (Å²) in [5.41, 5.74) is 2.27. The number of benzene rings is 1. The van der Waals surface area contributed by atoms with E-state index >= 15 is 0 Å². The molecule has 0 aliphatic carbocycles. The number of fused-ring (bicyclic) bond motifs is 3. The van der Waals surface area contributed by atoms with E-state index < -0.39 is 0 Å². The maximum absolute atomic E-state index is 12.2. The van der Waals surface area contributed by atoms with Crippen molar-refractivity contribution in [1.29, 1.82) is 0 Å². The Kier molecular flexibility index (Phi) is 3.76. The zero-order chi connectivity index (χ0) is 15.0. The van der Waals surface area contributed by atoms with Gasteiger partial charge in [-0.1, -0.05) is 0 Å². The molecule has 3 rings (SSSR count). The molecule has 0 unspecified atom stereocenters. The Bertz CT molecular complexity index is 557. The number of hydrogen-bond donors (Lipinski definition) is 1. The monoisotopic (exact) mass is 291 g/mol. The lowest BCUT2D eigenvalue weighted by Gasteiger charge is -2.45. The second-order valence-electron chi connectivity index (χ2n) is 5.66. The number of ether oxygens (including phenoxy) is 2. The van der Waals surface area contributed by atoms with Gasteiger partial charge in [-0.3, -0.25) is 4.79 Å². The number of aliphatic hydroxyl groups is 1. The lowest BCUT2D eigenvalue weighted by Crippen LogP contribution is -2.50. The Morgan fingerprint density at radius 1 is 1.29 bits per heavy atom. The summed E-state index contributed by atoms with van der Waals surface area (Å²) in [5.74, 6) is 1.53. The average molecular weight is 291 g/mol. The fraction of sp³-hybridized carbons (Fsp3) is 0.562. The molecule has 1 saturated heterocycles. The molecule has 0 radical (unpaired) electrons. The van der Waals surface area contributed by atoms with E-state index in [2.05, 4.69) is 0 Å². The zero-order valence-electron chi connectivity index (χ0n) is 12.5. The Morgan fingerprint density at radius 2 is 2.00 bits per heavy atom. The van der Waals surface area contributed by atoms with Crippen LogP contribution in [0.2, 0.25) is 0 Å². The minimum atomic E-state index is -0.131. The molecule has 114 valence electrons. The van der Waals surface area contributed by atoms with Crippen molar-refractivity contribution in [3.63, 3.8) is 0 Å². The number of carbonyl (C=O) groups excluding carboxylic acids is 1. The molecule has 1 N–H and O–H groups in total. The van der Waals surface area contributed by atoms with E-state index in [-0.39, 0.29) is 24.6 Å². The maximum atomic E-state index is 12.2. The number of carbonyl (C=O) groups is 1. The first kappa shape index (κ1) is 14.2. The van der Waals surface area contributed by atoms with E-state index in [1.165, 1.54) is 0 Å². The van der Waals surface area contributed by atoms with Crippen molar-refractivity contribution in [3.05, 3.63) is 23.3 Å². The number of amides is 1. The van der Waals surface area contributed by atoms with Crippen LogP contribution in [0.25, 0.3) is 0 Å². The van der Waals surface area contributed by atoms with Crippen LogP contribution in [0.1, 0.15) is 36.4 Å². The summed E-state index contributed by atoms with van der Waals surface area (Å²) in [6, 6.07) is 3.88. The van der Waals surface area contributed by atoms with Crippen molar-refractivity contribution in [2.45, 2.75) is 37.8 Å². The topological polar surface area (TPSA) is 59.0 Å². The minimum Gasteiger partial charge on any atom is -0.493 e. The van der Waals surface area contributed by atoms with E-state index in [0.29, 0.717) is 24.3 Å². The normalized spacial score (nSPS) is 24.3. The van der Waals surface area contributed by atoms with Crippen LogP contribution in [0.4, 0.5) is 0 Å². The highest BCUT2D eigenvalue weighted by Gasteiger charge is 2.39. The molecule has 0 bridgehead atoms. The van der Waals surface area contributed by atoms with Crippen LogP contribution in [-0.2, 0) is 11.2 Å². The first-order valence-corrected chi connectivity index (χ1v) is 7.36. The van der Waals surface area contributed by atoms with Gasteiger partial charge in [-0.05, 0) is 42.5 Å². The van der Waals surface area contributed by atoms with Crippen molar-refractivity contribution < 1.29 is 19.4 Å². The highest BCUT2D eigenvalue weighted by molar-refractivity contribution is 5.78. The number of methoxy groups -OCH3 is 2. The zero-order valence-corrected chi connectivity index (χ0v) is 12.5. The molecule has 2 atom stereocenters. The summed E-state index contributed by atoms with van der Waals surface area (Å²) < 4.78 is 10.7. The summed E-state index contributed by atoms with van der Waals surface area (Å²) in [4.78, 5) is 14.1. The van der Waals surface area contributed by atoms with Crippen molar-refractivity contribution >= 4 is 5.91 Å². The van der Waals surface area contributed by atoms with Gasteiger partial charge in [-0.2, -0.15) is 0 Å². The van der Waals surface area contributed by atoms with Gasteiger partial charge in [0.1, 0.15) is 0 Å². The van der Waals surface area contributed by atoms with Gasteiger partial charge in [0.25, 0.3) is 0 Å². The van der Waals surface area contributed by atoms with E-state index in [0.717, 1.165) is 24.0 Å². The molecule has 21 heavy (non-hydrogen) atoms. The van der Waals surface area contributed by atoms with Gasteiger partial charge < -0.3 is 19.5 Å². The minimum absolute atomic E-state index is 0.00394.